The number of ether oxygens (including phenoxy) is 1. The number of benzene rings is 2. The summed E-state index contributed by atoms with van der Waals surface area (Å²) >= 11 is 0. The van der Waals surface area contributed by atoms with E-state index >= 15 is 0 Å². The fourth-order valence-corrected chi connectivity index (χ4v) is 6.06. The van der Waals surface area contributed by atoms with Crippen molar-refractivity contribution in [3.05, 3.63) is 64.2 Å². The Balaban J connectivity index is 1.46. The van der Waals surface area contributed by atoms with Gasteiger partial charge in [-0.25, -0.2) is 13.2 Å². The first-order valence-electron chi connectivity index (χ1n) is 10.8. The number of aryl methyl sites for hydroxylation is 3. The number of carbonyl (C=O) groups excluding carboxylic acids is 2. The topological polar surface area (TPSA) is 80.8 Å². The van der Waals surface area contributed by atoms with Gasteiger partial charge in [0.2, 0.25) is 10.0 Å². The van der Waals surface area contributed by atoms with Crippen LogP contribution in [0.25, 0.3) is 0 Å². The molecule has 6 nitrogen and oxygen atoms in total. The molecule has 1 aliphatic carbocycles. The minimum absolute atomic E-state index is 0.119. The number of hydrogen-bond donors (Lipinski definition) is 0. The van der Waals surface area contributed by atoms with Gasteiger partial charge in [0.1, 0.15) is 0 Å². The Labute approximate surface area is 183 Å². The Morgan fingerprint density at radius 2 is 1.61 bits per heavy atom. The van der Waals surface area contributed by atoms with Gasteiger partial charge in [-0.2, -0.15) is 4.31 Å². The number of hydrogen-bond acceptors (Lipinski definition) is 5. The lowest BCUT2D eigenvalue weighted by Gasteiger charge is -2.26. The maximum atomic E-state index is 13.0. The van der Waals surface area contributed by atoms with Crippen molar-refractivity contribution in [2.45, 2.75) is 50.3 Å². The quantitative estimate of drug-likeness (QED) is 0.504. The van der Waals surface area contributed by atoms with E-state index in [9.17, 15) is 18.0 Å². The van der Waals surface area contributed by atoms with Crippen LogP contribution in [0.2, 0.25) is 0 Å². The van der Waals surface area contributed by atoms with Crippen molar-refractivity contribution in [2.75, 3.05) is 19.7 Å². The molecule has 0 amide bonds. The highest BCUT2D eigenvalue weighted by Crippen LogP contribution is 2.25. The van der Waals surface area contributed by atoms with Crippen LogP contribution in [0.3, 0.4) is 0 Å². The van der Waals surface area contributed by atoms with Crippen molar-refractivity contribution < 1.29 is 22.7 Å². The number of fused-ring (bicyclic) bond motifs is 1. The minimum atomic E-state index is -3.67. The highest BCUT2D eigenvalue weighted by atomic mass is 32.2. The zero-order valence-corrected chi connectivity index (χ0v) is 18.5. The number of nitrogens with zero attached hydrogens (tertiary/aromatic N) is 1. The van der Waals surface area contributed by atoms with Gasteiger partial charge >= 0.3 is 5.97 Å². The lowest BCUT2D eigenvalue weighted by molar-refractivity contribution is 0.0474. The van der Waals surface area contributed by atoms with Crippen LogP contribution in [0, 0.1) is 6.92 Å². The van der Waals surface area contributed by atoms with Crippen molar-refractivity contribution in [3.63, 3.8) is 0 Å². The number of piperidine rings is 1. The molecule has 0 radical (unpaired) electrons. The summed E-state index contributed by atoms with van der Waals surface area (Å²) in [5.74, 6) is -0.971. The van der Waals surface area contributed by atoms with Gasteiger partial charge in [-0.1, -0.05) is 24.6 Å². The molecule has 2 aromatic rings. The molecule has 1 heterocycles. The van der Waals surface area contributed by atoms with Gasteiger partial charge in [0.25, 0.3) is 0 Å². The number of esters is 1. The zero-order chi connectivity index (χ0) is 22.0. The van der Waals surface area contributed by atoms with E-state index in [1.165, 1.54) is 27.6 Å². The van der Waals surface area contributed by atoms with Crippen LogP contribution >= 0.6 is 0 Å². The van der Waals surface area contributed by atoms with E-state index in [1.54, 1.807) is 19.1 Å². The van der Waals surface area contributed by atoms with Crippen LogP contribution in [0.1, 0.15) is 63.1 Å². The maximum Gasteiger partial charge on any atom is 0.338 e. The molecular formula is C24H27NO5S. The van der Waals surface area contributed by atoms with Crippen molar-refractivity contribution in [1.29, 1.82) is 0 Å². The first kappa shape index (κ1) is 21.7. The SMILES string of the molecule is Cc1ccc(C(=O)OCC(=O)c2ccc3c(c2)CCC3)cc1S(=O)(=O)N1CCCCC1. The molecule has 1 aliphatic heterocycles. The van der Waals surface area contributed by atoms with Gasteiger partial charge in [-0.15, -0.1) is 0 Å². The number of sulfonamides is 1. The van der Waals surface area contributed by atoms with Crippen LogP contribution in [0.15, 0.2) is 41.3 Å². The lowest BCUT2D eigenvalue weighted by atomic mass is 10.0. The van der Waals surface area contributed by atoms with E-state index < -0.39 is 16.0 Å². The molecule has 1 saturated heterocycles. The summed E-state index contributed by atoms with van der Waals surface area (Å²) in [7, 11) is -3.67. The van der Waals surface area contributed by atoms with E-state index in [0.717, 1.165) is 38.5 Å². The third-order valence-electron chi connectivity index (χ3n) is 6.11. The van der Waals surface area contributed by atoms with Gasteiger partial charge in [-0.05, 0) is 73.9 Å². The number of carbonyl (C=O) groups is 2. The molecule has 2 aliphatic rings. The number of ketones is 1. The average Bonchev–Trinajstić information content (AvgIpc) is 3.26. The largest absolute Gasteiger partial charge is 0.454 e. The zero-order valence-electron chi connectivity index (χ0n) is 17.7. The van der Waals surface area contributed by atoms with Gasteiger partial charge in [0.15, 0.2) is 12.4 Å². The molecule has 0 saturated carbocycles. The van der Waals surface area contributed by atoms with Gasteiger partial charge < -0.3 is 4.74 Å². The van der Waals surface area contributed by atoms with E-state index in [-0.39, 0.29) is 22.8 Å². The second kappa shape index (κ2) is 8.93. The van der Waals surface area contributed by atoms with Crippen molar-refractivity contribution in [3.8, 4) is 0 Å². The van der Waals surface area contributed by atoms with Crippen LogP contribution in [0.4, 0.5) is 0 Å². The van der Waals surface area contributed by atoms with E-state index in [2.05, 4.69) is 0 Å². The first-order valence-corrected chi connectivity index (χ1v) is 12.2. The number of rotatable bonds is 6. The maximum absolute atomic E-state index is 13.0. The summed E-state index contributed by atoms with van der Waals surface area (Å²) < 4.78 is 32.8. The molecule has 0 aromatic heterocycles. The molecule has 0 bridgehead atoms. The Morgan fingerprint density at radius 1 is 0.903 bits per heavy atom. The summed E-state index contributed by atoms with van der Waals surface area (Å²) in [6.07, 6.45) is 5.80. The monoisotopic (exact) mass is 441 g/mol. The molecule has 0 N–H and O–H groups in total. The van der Waals surface area contributed by atoms with Crippen molar-refractivity contribution >= 4 is 21.8 Å². The van der Waals surface area contributed by atoms with Gasteiger partial charge in [0, 0.05) is 18.7 Å². The fraction of sp³-hybridized carbons (Fsp3) is 0.417. The molecule has 7 heteroatoms. The normalized spacial score (nSPS) is 16.7. The van der Waals surface area contributed by atoms with Crippen molar-refractivity contribution in [1.82, 2.24) is 4.31 Å². The van der Waals surface area contributed by atoms with Crippen LogP contribution in [-0.4, -0.2) is 44.2 Å². The molecule has 2 aromatic carbocycles. The highest BCUT2D eigenvalue weighted by molar-refractivity contribution is 7.89. The smallest absolute Gasteiger partial charge is 0.338 e. The van der Waals surface area contributed by atoms with Gasteiger partial charge in [0.05, 0.1) is 10.5 Å². The summed E-state index contributed by atoms with van der Waals surface area (Å²) in [6, 6.07) is 10.1. The Morgan fingerprint density at radius 3 is 2.39 bits per heavy atom. The number of Topliss-reactive ketones (excluding diaryl/α,β-unsaturated/α-hetero) is 1. The molecule has 1 fully saturated rings. The molecule has 0 atom stereocenters. The predicted molar refractivity (Wildman–Crippen MR) is 117 cm³/mol. The van der Waals surface area contributed by atoms with Crippen LogP contribution < -0.4 is 0 Å². The van der Waals surface area contributed by atoms with E-state index in [4.69, 9.17) is 4.74 Å². The van der Waals surface area contributed by atoms with Crippen LogP contribution in [-0.2, 0) is 27.6 Å². The minimum Gasteiger partial charge on any atom is -0.454 e. The standard InChI is InChI=1S/C24H27NO5S/c1-17-8-9-21(15-23(17)31(28,29)25-12-3-2-4-13-25)24(27)30-16-22(26)20-11-10-18-6-5-7-19(18)14-20/h8-11,14-15H,2-7,12-13,16H2,1H3. The molecule has 31 heavy (non-hydrogen) atoms. The fourth-order valence-electron chi connectivity index (χ4n) is 4.29. The third-order valence-corrected chi connectivity index (χ3v) is 8.15. The molecule has 0 unspecified atom stereocenters. The molecule has 4 rings (SSSR count). The first-order chi connectivity index (χ1) is 14.9. The second-order valence-corrected chi connectivity index (χ2v) is 10.2. The van der Waals surface area contributed by atoms with Crippen LogP contribution in [0.5, 0.6) is 0 Å². The summed E-state index contributed by atoms with van der Waals surface area (Å²) in [5, 5.41) is 0. The summed E-state index contributed by atoms with van der Waals surface area (Å²) in [5.41, 5.74) is 3.70. The van der Waals surface area contributed by atoms with Crippen molar-refractivity contribution in [2.24, 2.45) is 0 Å². The second-order valence-electron chi connectivity index (χ2n) is 8.28. The molecule has 0 spiro atoms. The average molecular weight is 442 g/mol. The Hall–Kier alpha value is -2.51. The third kappa shape index (κ3) is 4.57. The molecule has 164 valence electrons. The summed E-state index contributed by atoms with van der Waals surface area (Å²) in [4.78, 5) is 25.2. The van der Waals surface area contributed by atoms with Gasteiger partial charge in [-0.3, -0.25) is 4.79 Å². The Bertz CT molecular complexity index is 1120. The lowest BCUT2D eigenvalue weighted by Crippen LogP contribution is -2.36. The van der Waals surface area contributed by atoms with E-state index in [1.807, 2.05) is 12.1 Å². The Kier molecular flexibility index (Phi) is 6.25. The summed E-state index contributed by atoms with van der Waals surface area (Å²) in [6.45, 7) is 2.32. The highest BCUT2D eigenvalue weighted by Gasteiger charge is 2.28. The predicted octanol–water partition coefficient (Wildman–Crippen LogP) is 3.70. The molecular weight excluding hydrogens is 414 g/mol. The van der Waals surface area contributed by atoms with E-state index in [0.29, 0.717) is 24.2 Å².